The predicted octanol–water partition coefficient (Wildman–Crippen LogP) is 4.63. The molecule has 7 heteroatoms. The summed E-state index contributed by atoms with van der Waals surface area (Å²) in [6.45, 7) is 9.26. The SMILES string of the molecule is CC1(C)OB(c2ccc(Oc3ccc(C=O)cc3)cc2COC2CCCCO2)OC1(C)C. The lowest BCUT2D eigenvalue weighted by Gasteiger charge is -2.32. The van der Waals surface area contributed by atoms with Crippen LogP contribution >= 0.6 is 0 Å². The number of hydrogen-bond donors (Lipinski definition) is 0. The Balaban J connectivity index is 1.57. The van der Waals surface area contributed by atoms with Gasteiger partial charge in [-0.3, -0.25) is 4.79 Å². The molecule has 2 saturated heterocycles. The lowest BCUT2D eigenvalue weighted by Crippen LogP contribution is -2.41. The van der Waals surface area contributed by atoms with Crippen LogP contribution in [0.25, 0.3) is 0 Å². The first-order valence-electron chi connectivity index (χ1n) is 11.2. The molecule has 2 aromatic carbocycles. The van der Waals surface area contributed by atoms with Crippen LogP contribution in [-0.2, 0) is 25.4 Å². The summed E-state index contributed by atoms with van der Waals surface area (Å²) in [6, 6.07) is 12.8. The van der Waals surface area contributed by atoms with Crippen LogP contribution in [0.2, 0.25) is 0 Å². The molecule has 2 fully saturated rings. The van der Waals surface area contributed by atoms with Crippen molar-refractivity contribution in [3.05, 3.63) is 53.6 Å². The van der Waals surface area contributed by atoms with E-state index >= 15 is 0 Å². The highest BCUT2D eigenvalue weighted by atomic mass is 16.7. The van der Waals surface area contributed by atoms with Gasteiger partial charge in [0.05, 0.1) is 17.8 Å². The van der Waals surface area contributed by atoms with Crippen LogP contribution in [-0.4, -0.2) is 37.5 Å². The Kier molecular flexibility index (Phi) is 6.72. The zero-order valence-corrected chi connectivity index (χ0v) is 19.3. The van der Waals surface area contributed by atoms with E-state index in [2.05, 4.69) is 0 Å². The molecule has 0 spiro atoms. The van der Waals surface area contributed by atoms with Gasteiger partial charge in [-0.2, -0.15) is 0 Å². The normalized spacial score (nSPS) is 22.0. The number of carbonyl (C=O) groups is 1. The minimum absolute atomic E-state index is 0.199. The fraction of sp³-hybridized carbons (Fsp3) is 0.480. The molecule has 0 aliphatic carbocycles. The molecule has 0 radical (unpaired) electrons. The maximum absolute atomic E-state index is 10.9. The summed E-state index contributed by atoms with van der Waals surface area (Å²) in [4.78, 5) is 10.9. The highest BCUT2D eigenvalue weighted by Crippen LogP contribution is 2.37. The maximum Gasteiger partial charge on any atom is 0.495 e. The molecule has 0 saturated carbocycles. The second-order valence-corrected chi connectivity index (χ2v) is 9.34. The van der Waals surface area contributed by atoms with Gasteiger partial charge in [-0.1, -0.05) is 6.07 Å². The smallest absolute Gasteiger partial charge is 0.457 e. The van der Waals surface area contributed by atoms with Crippen LogP contribution in [0.4, 0.5) is 0 Å². The van der Waals surface area contributed by atoms with Crippen LogP contribution in [0.5, 0.6) is 11.5 Å². The molecule has 170 valence electrons. The Labute approximate surface area is 190 Å². The molecule has 0 amide bonds. The van der Waals surface area contributed by atoms with E-state index in [1.165, 1.54) is 0 Å². The van der Waals surface area contributed by atoms with Gasteiger partial charge in [-0.15, -0.1) is 0 Å². The van der Waals surface area contributed by atoms with Crippen molar-refractivity contribution in [2.45, 2.75) is 71.1 Å². The van der Waals surface area contributed by atoms with Gasteiger partial charge in [0.15, 0.2) is 6.29 Å². The van der Waals surface area contributed by atoms with E-state index in [4.69, 9.17) is 23.5 Å². The van der Waals surface area contributed by atoms with E-state index in [-0.39, 0.29) is 6.29 Å². The third kappa shape index (κ3) is 5.07. The van der Waals surface area contributed by atoms with Crippen LogP contribution in [0.15, 0.2) is 42.5 Å². The first-order chi connectivity index (χ1) is 15.3. The van der Waals surface area contributed by atoms with Gasteiger partial charge < -0.3 is 23.5 Å². The van der Waals surface area contributed by atoms with Crippen LogP contribution in [0, 0.1) is 0 Å². The molecule has 0 N–H and O–H groups in total. The van der Waals surface area contributed by atoms with E-state index in [1.807, 2.05) is 45.9 Å². The largest absolute Gasteiger partial charge is 0.495 e. The molecule has 32 heavy (non-hydrogen) atoms. The fourth-order valence-electron chi connectivity index (χ4n) is 3.75. The van der Waals surface area contributed by atoms with Gasteiger partial charge in [0, 0.05) is 12.2 Å². The summed E-state index contributed by atoms with van der Waals surface area (Å²) in [6.07, 6.45) is 3.69. The first-order valence-corrected chi connectivity index (χ1v) is 11.2. The molecule has 1 unspecified atom stereocenters. The first kappa shape index (κ1) is 23.0. The Morgan fingerprint density at radius 2 is 1.69 bits per heavy atom. The van der Waals surface area contributed by atoms with Gasteiger partial charge in [0.2, 0.25) is 0 Å². The average molecular weight is 438 g/mol. The summed E-state index contributed by atoms with van der Waals surface area (Å²) in [5.74, 6) is 1.33. The number of rotatable bonds is 7. The highest BCUT2D eigenvalue weighted by Gasteiger charge is 2.52. The summed E-state index contributed by atoms with van der Waals surface area (Å²) >= 11 is 0. The number of ether oxygens (including phenoxy) is 3. The minimum atomic E-state index is -0.494. The average Bonchev–Trinajstić information content (AvgIpc) is 3.00. The molecule has 2 aromatic rings. The van der Waals surface area contributed by atoms with Gasteiger partial charge in [-0.05, 0) is 94.4 Å². The van der Waals surface area contributed by atoms with Gasteiger partial charge >= 0.3 is 7.12 Å². The molecule has 2 heterocycles. The summed E-state index contributed by atoms with van der Waals surface area (Å²) in [5.41, 5.74) is 1.59. The highest BCUT2D eigenvalue weighted by molar-refractivity contribution is 6.62. The lowest BCUT2D eigenvalue weighted by molar-refractivity contribution is -0.168. The number of carbonyl (C=O) groups excluding carboxylic acids is 1. The van der Waals surface area contributed by atoms with Crippen molar-refractivity contribution in [2.75, 3.05) is 6.61 Å². The van der Waals surface area contributed by atoms with Crippen LogP contribution < -0.4 is 10.2 Å². The third-order valence-corrected chi connectivity index (χ3v) is 6.44. The van der Waals surface area contributed by atoms with Crippen molar-refractivity contribution in [1.29, 1.82) is 0 Å². The topological polar surface area (TPSA) is 63.2 Å². The molecule has 1 atom stereocenters. The lowest BCUT2D eigenvalue weighted by atomic mass is 9.76. The van der Waals surface area contributed by atoms with Crippen molar-refractivity contribution in [3.8, 4) is 11.5 Å². The summed E-state index contributed by atoms with van der Waals surface area (Å²) in [5, 5.41) is 0. The molecule has 0 aromatic heterocycles. The van der Waals surface area contributed by atoms with E-state index < -0.39 is 18.3 Å². The van der Waals surface area contributed by atoms with Gasteiger partial charge in [-0.25, -0.2) is 0 Å². The van der Waals surface area contributed by atoms with E-state index in [0.29, 0.717) is 23.7 Å². The third-order valence-electron chi connectivity index (χ3n) is 6.44. The molecular weight excluding hydrogens is 407 g/mol. The molecule has 2 aliphatic heterocycles. The second kappa shape index (κ2) is 9.36. The van der Waals surface area contributed by atoms with Gasteiger partial charge in [0.1, 0.15) is 17.8 Å². The molecule has 2 aliphatic rings. The quantitative estimate of drug-likeness (QED) is 0.464. The van der Waals surface area contributed by atoms with Crippen LogP contribution in [0.1, 0.15) is 62.9 Å². The van der Waals surface area contributed by atoms with Crippen molar-refractivity contribution in [1.82, 2.24) is 0 Å². The number of hydrogen-bond acceptors (Lipinski definition) is 6. The number of benzene rings is 2. The van der Waals surface area contributed by atoms with Crippen molar-refractivity contribution < 1.29 is 28.3 Å². The monoisotopic (exact) mass is 438 g/mol. The summed E-state index contributed by atoms with van der Waals surface area (Å²) < 4.78 is 30.4. The molecule has 6 nitrogen and oxygen atoms in total. The second-order valence-electron chi connectivity index (χ2n) is 9.34. The maximum atomic E-state index is 10.9. The van der Waals surface area contributed by atoms with E-state index in [0.717, 1.165) is 43.2 Å². The fourth-order valence-corrected chi connectivity index (χ4v) is 3.75. The number of aldehydes is 1. The molecule has 4 rings (SSSR count). The predicted molar refractivity (Wildman–Crippen MR) is 122 cm³/mol. The van der Waals surface area contributed by atoms with E-state index in [9.17, 15) is 4.79 Å². The van der Waals surface area contributed by atoms with Crippen molar-refractivity contribution >= 4 is 18.9 Å². The van der Waals surface area contributed by atoms with Gasteiger partial charge in [0.25, 0.3) is 0 Å². The molecule has 0 bridgehead atoms. The minimum Gasteiger partial charge on any atom is -0.457 e. The molecular formula is C25H31BO6. The zero-order valence-electron chi connectivity index (χ0n) is 19.3. The Morgan fingerprint density at radius 1 is 1.00 bits per heavy atom. The van der Waals surface area contributed by atoms with Crippen LogP contribution in [0.3, 0.4) is 0 Å². The Hall–Kier alpha value is -2.19. The zero-order chi connectivity index (χ0) is 22.8. The summed E-state index contributed by atoms with van der Waals surface area (Å²) in [7, 11) is -0.494. The van der Waals surface area contributed by atoms with Crippen molar-refractivity contribution in [2.24, 2.45) is 0 Å². The Bertz CT molecular complexity index is 918. The van der Waals surface area contributed by atoms with E-state index in [1.54, 1.807) is 24.3 Å². The van der Waals surface area contributed by atoms with Crippen molar-refractivity contribution in [3.63, 3.8) is 0 Å². The Morgan fingerprint density at radius 3 is 2.31 bits per heavy atom. The standard InChI is InChI=1S/C25H31BO6/c1-24(2)25(3,4)32-26(31-24)22-13-12-21(30-20-10-8-18(16-27)9-11-20)15-19(22)17-29-23-7-5-6-14-28-23/h8-13,15-16,23H,5-7,14,17H2,1-4H3.